The number of carbonyl (C=O) groups excluding carboxylic acids is 4. The second-order valence-corrected chi connectivity index (χ2v) is 18.8. The van der Waals surface area contributed by atoms with Gasteiger partial charge < -0.3 is 49.7 Å². The van der Waals surface area contributed by atoms with Gasteiger partial charge in [-0.25, -0.2) is 4.79 Å². The lowest BCUT2D eigenvalue weighted by atomic mass is 9.47. The van der Waals surface area contributed by atoms with Crippen LogP contribution in [-0.4, -0.2) is 133 Å². The van der Waals surface area contributed by atoms with Crippen molar-refractivity contribution in [1.29, 1.82) is 0 Å². The maximum Gasteiger partial charge on any atom is 0.344 e. The fraction of sp³-hybridized carbons (Fsp3) is 0.574. The van der Waals surface area contributed by atoms with Crippen molar-refractivity contribution in [2.24, 2.45) is 17.1 Å². The Bertz CT molecular complexity index is 2420. The number of primary amides is 1. The van der Waals surface area contributed by atoms with Crippen LogP contribution in [0, 0.1) is 11.3 Å². The number of nitrogens with zero attached hydrogens (tertiary/aromatic N) is 3. The molecule has 1 aliphatic carbocycles. The van der Waals surface area contributed by atoms with E-state index < -0.39 is 63.4 Å². The van der Waals surface area contributed by atoms with E-state index in [0.717, 1.165) is 22.0 Å². The molecule has 62 heavy (non-hydrogen) atoms. The molecule has 1 saturated carbocycles. The van der Waals surface area contributed by atoms with Crippen molar-refractivity contribution in [3.05, 3.63) is 70.6 Å². The van der Waals surface area contributed by atoms with Crippen LogP contribution in [-0.2, 0) is 45.8 Å². The molecule has 15 heteroatoms. The third-order valence-electron chi connectivity index (χ3n) is 16.1. The van der Waals surface area contributed by atoms with E-state index in [0.29, 0.717) is 93.0 Å². The molecular formula is C47H59N5O10. The number of fused-ring (bicyclic) bond motifs is 6. The second kappa shape index (κ2) is 14.5. The van der Waals surface area contributed by atoms with Crippen molar-refractivity contribution in [2.75, 3.05) is 59.5 Å². The smallest absolute Gasteiger partial charge is 0.344 e. The van der Waals surface area contributed by atoms with Crippen LogP contribution in [0.25, 0.3) is 10.9 Å². The summed E-state index contributed by atoms with van der Waals surface area (Å²) in [6.07, 6.45) is 5.95. The van der Waals surface area contributed by atoms with E-state index in [-0.39, 0.29) is 18.4 Å². The predicted octanol–water partition coefficient (Wildman–Crippen LogP) is 3.44. The molecule has 3 aromatic rings. The van der Waals surface area contributed by atoms with E-state index in [1.807, 2.05) is 50.1 Å². The summed E-state index contributed by atoms with van der Waals surface area (Å²) in [7, 11) is 6.01. The largest absolute Gasteiger partial charge is 0.496 e. The molecule has 1 aromatic heterocycles. The first-order valence-electron chi connectivity index (χ1n) is 21.9. The first kappa shape index (κ1) is 42.2. The molecule has 2 saturated heterocycles. The van der Waals surface area contributed by atoms with Crippen LogP contribution in [0.5, 0.6) is 5.75 Å². The number of hydrogen-bond donors (Lipinski definition) is 4. The average molecular weight is 854 g/mol. The molecule has 332 valence electrons. The first-order valence-corrected chi connectivity index (χ1v) is 21.9. The number of likely N-dealkylation sites (N-methyl/N-ethyl adjacent to an activating group) is 1. The minimum Gasteiger partial charge on any atom is -0.496 e. The summed E-state index contributed by atoms with van der Waals surface area (Å²) >= 11 is 0. The number of amides is 1. The number of benzene rings is 2. The number of anilines is 1. The van der Waals surface area contributed by atoms with Crippen LogP contribution >= 0.6 is 0 Å². The van der Waals surface area contributed by atoms with Gasteiger partial charge in [0.1, 0.15) is 11.2 Å². The van der Waals surface area contributed by atoms with Crippen LogP contribution in [0.4, 0.5) is 5.69 Å². The molecule has 5 N–H and O–H groups in total. The number of piperidine rings is 1. The number of hydrogen-bond acceptors (Lipinski definition) is 13. The van der Waals surface area contributed by atoms with Gasteiger partial charge in [-0.15, -0.1) is 0 Å². The molecule has 0 radical (unpaired) electrons. The van der Waals surface area contributed by atoms with Gasteiger partial charge in [0, 0.05) is 96.5 Å². The van der Waals surface area contributed by atoms with E-state index in [2.05, 4.69) is 21.0 Å². The summed E-state index contributed by atoms with van der Waals surface area (Å²) in [5, 5.41) is 26.1. The predicted molar refractivity (Wildman–Crippen MR) is 229 cm³/mol. The Morgan fingerprint density at radius 2 is 1.71 bits per heavy atom. The Labute approximate surface area is 361 Å². The normalized spacial score (nSPS) is 35.4. The fourth-order valence-corrected chi connectivity index (χ4v) is 13.8. The Morgan fingerprint density at radius 3 is 2.37 bits per heavy atom. The van der Waals surface area contributed by atoms with Gasteiger partial charge in [-0.3, -0.25) is 19.3 Å². The zero-order chi connectivity index (χ0) is 44.3. The zero-order valence-electron chi connectivity index (χ0n) is 36.7. The Morgan fingerprint density at radius 1 is 0.952 bits per heavy atom. The molecule has 3 fully saturated rings. The number of nitrogens with two attached hydrogens (primary N) is 1. The van der Waals surface area contributed by atoms with E-state index in [1.165, 1.54) is 21.1 Å². The van der Waals surface area contributed by atoms with Gasteiger partial charge in [0.05, 0.1) is 33.0 Å². The van der Waals surface area contributed by atoms with Crippen LogP contribution < -0.4 is 15.4 Å². The first-order chi connectivity index (χ1) is 29.5. The molecule has 9 rings (SSSR count). The zero-order valence-corrected chi connectivity index (χ0v) is 36.7. The molecule has 6 aliphatic rings. The number of allylic oxidation sites excluding steroid dienone is 1. The Balaban J connectivity index is 1.37. The highest BCUT2D eigenvalue weighted by molar-refractivity contribution is 6.00. The Kier molecular flexibility index (Phi) is 9.84. The standard InChI is InChI=1S/C47H59N5O10/c1-8-43(57)22-27-23-46(41(55)60-6,36-29(13-17-51(24-27)25-43)30-19-28(37(48)54)11-12-33(30)49-36)32-20-31-34(21-35(32)59-5)50(4)39-45(31)15-18-52-16-10-14-44(9-2,38(45)52)40(62-26(3)53)47(39,58)42(56)61-7/h10-12,16,19-21,27,38-40,49,57-58H,8-9,13-15,17-18,22-25H2,1-7H3,(H2,48,54)/t27-,38+,39-,40-,43+,44-,45-,46+,47+/m1/s1. The lowest BCUT2D eigenvalue weighted by Gasteiger charge is -2.64. The van der Waals surface area contributed by atoms with Gasteiger partial charge in [0.15, 0.2) is 6.10 Å². The molecular weight excluding hydrogens is 795 g/mol. The van der Waals surface area contributed by atoms with E-state index in [9.17, 15) is 24.6 Å². The molecule has 10 atom stereocenters. The number of nitrogens with one attached hydrogen (secondary N) is 1. The minimum absolute atomic E-state index is 0.181. The van der Waals surface area contributed by atoms with Crippen molar-refractivity contribution in [3.8, 4) is 5.75 Å². The van der Waals surface area contributed by atoms with Crippen molar-refractivity contribution >= 4 is 40.4 Å². The number of rotatable bonds is 8. The van der Waals surface area contributed by atoms with Gasteiger partial charge >= 0.3 is 17.9 Å². The third kappa shape index (κ3) is 5.46. The number of carbonyl (C=O) groups is 4. The number of H-pyrrole nitrogens is 1. The summed E-state index contributed by atoms with van der Waals surface area (Å²) in [5.41, 5.74) is 3.58. The number of ether oxygens (including phenoxy) is 4. The van der Waals surface area contributed by atoms with Crippen molar-refractivity contribution < 1.29 is 48.3 Å². The van der Waals surface area contributed by atoms with Crippen LogP contribution in [0.2, 0.25) is 0 Å². The number of esters is 3. The highest BCUT2D eigenvalue weighted by atomic mass is 16.6. The van der Waals surface area contributed by atoms with Crippen molar-refractivity contribution in [1.82, 2.24) is 14.8 Å². The number of aliphatic hydroxyl groups is 2. The summed E-state index contributed by atoms with van der Waals surface area (Å²) < 4.78 is 23.9. The van der Waals surface area contributed by atoms with Gasteiger partial charge in [-0.2, -0.15) is 0 Å². The Hall–Kier alpha value is -5.12. The SMILES string of the molecule is CC[C@]1(O)C[C@H]2CN(CCc3c([nH]c4ccc(C(N)=O)cc34)[C@@](C(=O)OC)(c3cc4c(cc3OC)N(C)[C@H]3[C@@](O)(C(=O)OC)[C@H](OC(C)=O)[C@]5(CC)CC=CN6CC[C@]43[C@@H]65)C2)C1. The molecule has 5 aliphatic heterocycles. The average Bonchev–Trinajstić information content (AvgIpc) is 3.92. The molecule has 1 amide bonds. The van der Waals surface area contributed by atoms with Crippen molar-refractivity contribution in [2.45, 2.75) is 106 Å². The highest BCUT2D eigenvalue weighted by Crippen LogP contribution is 2.69. The van der Waals surface area contributed by atoms with Crippen LogP contribution in [0.15, 0.2) is 42.6 Å². The minimum atomic E-state index is -2.33. The molecule has 6 heterocycles. The maximum atomic E-state index is 15.4. The van der Waals surface area contributed by atoms with Gasteiger partial charge in [-0.1, -0.05) is 19.9 Å². The van der Waals surface area contributed by atoms with Gasteiger partial charge in [0.25, 0.3) is 0 Å². The monoisotopic (exact) mass is 853 g/mol. The summed E-state index contributed by atoms with van der Waals surface area (Å²) in [6.45, 7) is 7.57. The quantitative estimate of drug-likeness (QED) is 0.190. The van der Waals surface area contributed by atoms with E-state index in [4.69, 9.17) is 24.7 Å². The summed E-state index contributed by atoms with van der Waals surface area (Å²) in [4.78, 5) is 65.6. The van der Waals surface area contributed by atoms with E-state index >= 15 is 4.79 Å². The van der Waals surface area contributed by atoms with Gasteiger partial charge in [0.2, 0.25) is 11.5 Å². The van der Waals surface area contributed by atoms with Crippen LogP contribution in [0.1, 0.15) is 92.0 Å². The molecule has 2 aromatic carbocycles. The fourth-order valence-electron chi connectivity index (χ4n) is 13.8. The summed E-state index contributed by atoms with van der Waals surface area (Å²) in [5.74, 6) is -2.41. The number of aromatic nitrogens is 1. The molecule has 1 unspecified atom stereocenters. The maximum absolute atomic E-state index is 15.4. The van der Waals surface area contributed by atoms with Gasteiger partial charge in [-0.05, 0) is 92.5 Å². The van der Waals surface area contributed by atoms with E-state index in [1.54, 1.807) is 19.2 Å². The molecule has 15 nitrogen and oxygen atoms in total. The topological polar surface area (TPSA) is 197 Å². The number of aromatic amines is 1. The molecule has 1 spiro atoms. The molecule has 2 bridgehead atoms. The second-order valence-electron chi connectivity index (χ2n) is 18.8. The third-order valence-corrected chi connectivity index (χ3v) is 16.1. The lowest BCUT2D eigenvalue weighted by molar-refractivity contribution is -0.235. The lowest BCUT2D eigenvalue weighted by Crippen LogP contribution is -2.81. The summed E-state index contributed by atoms with van der Waals surface area (Å²) in [6, 6.07) is 7.87. The highest BCUT2D eigenvalue weighted by Gasteiger charge is 2.80. The van der Waals surface area contributed by atoms with Crippen LogP contribution in [0.3, 0.4) is 0 Å². The number of methoxy groups -OCH3 is 3. The van der Waals surface area contributed by atoms with Crippen molar-refractivity contribution in [3.63, 3.8) is 0 Å².